The summed E-state index contributed by atoms with van der Waals surface area (Å²) in [4.78, 5) is 11.0. The van der Waals surface area contributed by atoms with Gasteiger partial charge in [0.25, 0.3) is 0 Å². The van der Waals surface area contributed by atoms with Crippen molar-refractivity contribution in [3.8, 4) is 12.3 Å². The zero-order valence-electron chi connectivity index (χ0n) is 8.43. The Morgan fingerprint density at radius 1 is 1.60 bits per heavy atom. The molecular weight excluding hydrogens is 192 g/mol. The summed E-state index contributed by atoms with van der Waals surface area (Å²) >= 11 is 0. The standard InChI is InChI=1S/C12H12O3/c1-3-9-6-4-5-7-10(9)11(13)8-12(14)15-2/h1,4-7,11,13H,8H2,2H3. The van der Waals surface area contributed by atoms with E-state index >= 15 is 0 Å². The smallest absolute Gasteiger partial charge is 0.308 e. The van der Waals surface area contributed by atoms with Crippen LogP contribution in [-0.4, -0.2) is 18.2 Å². The van der Waals surface area contributed by atoms with E-state index in [4.69, 9.17) is 6.42 Å². The fourth-order valence-corrected chi connectivity index (χ4v) is 1.27. The third kappa shape index (κ3) is 2.83. The van der Waals surface area contributed by atoms with Gasteiger partial charge in [-0.15, -0.1) is 6.42 Å². The lowest BCUT2D eigenvalue weighted by Crippen LogP contribution is -2.09. The van der Waals surface area contributed by atoms with Crippen molar-refractivity contribution in [3.63, 3.8) is 0 Å². The van der Waals surface area contributed by atoms with Crippen LogP contribution in [0.4, 0.5) is 0 Å². The quantitative estimate of drug-likeness (QED) is 0.595. The van der Waals surface area contributed by atoms with E-state index < -0.39 is 12.1 Å². The molecule has 0 heterocycles. The lowest BCUT2D eigenvalue weighted by atomic mass is 10.0. The van der Waals surface area contributed by atoms with Gasteiger partial charge in [-0.3, -0.25) is 4.79 Å². The number of aliphatic hydroxyl groups is 1. The minimum Gasteiger partial charge on any atom is -0.469 e. The van der Waals surface area contributed by atoms with Crippen LogP contribution in [-0.2, 0) is 9.53 Å². The SMILES string of the molecule is C#Cc1ccccc1C(O)CC(=O)OC. The zero-order chi connectivity index (χ0) is 11.3. The number of aliphatic hydroxyl groups excluding tert-OH is 1. The van der Waals surface area contributed by atoms with Gasteiger partial charge in [0.1, 0.15) is 0 Å². The summed E-state index contributed by atoms with van der Waals surface area (Å²) in [5.74, 6) is 1.99. The number of hydrogen-bond acceptors (Lipinski definition) is 3. The van der Waals surface area contributed by atoms with Crippen molar-refractivity contribution in [3.05, 3.63) is 35.4 Å². The summed E-state index contributed by atoms with van der Waals surface area (Å²) in [6, 6.07) is 6.96. The highest BCUT2D eigenvalue weighted by atomic mass is 16.5. The molecule has 3 nitrogen and oxygen atoms in total. The van der Waals surface area contributed by atoms with Crippen LogP contribution in [0.15, 0.2) is 24.3 Å². The van der Waals surface area contributed by atoms with Crippen molar-refractivity contribution in [1.29, 1.82) is 0 Å². The molecule has 0 aliphatic carbocycles. The van der Waals surface area contributed by atoms with Gasteiger partial charge in [0, 0.05) is 5.56 Å². The number of terminal acetylenes is 1. The van der Waals surface area contributed by atoms with E-state index in [0.29, 0.717) is 11.1 Å². The molecule has 15 heavy (non-hydrogen) atoms. The zero-order valence-corrected chi connectivity index (χ0v) is 8.43. The third-order valence-corrected chi connectivity index (χ3v) is 2.06. The van der Waals surface area contributed by atoms with Crippen molar-refractivity contribution >= 4 is 5.97 Å². The van der Waals surface area contributed by atoms with E-state index in [9.17, 15) is 9.90 Å². The maximum absolute atomic E-state index is 11.0. The van der Waals surface area contributed by atoms with Gasteiger partial charge in [0.15, 0.2) is 0 Å². The number of carbonyl (C=O) groups is 1. The Balaban J connectivity index is 2.87. The molecule has 1 unspecified atom stereocenters. The van der Waals surface area contributed by atoms with Crippen LogP contribution in [0.25, 0.3) is 0 Å². The second-order valence-electron chi connectivity index (χ2n) is 3.03. The van der Waals surface area contributed by atoms with Gasteiger partial charge < -0.3 is 9.84 Å². The van der Waals surface area contributed by atoms with Crippen LogP contribution in [0, 0.1) is 12.3 Å². The molecule has 0 aliphatic rings. The number of carbonyl (C=O) groups excluding carboxylic acids is 1. The van der Waals surface area contributed by atoms with Gasteiger partial charge in [-0.05, 0) is 11.6 Å². The number of ether oxygens (including phenoxy) is 1. The van der Waals surface area contributed by atoms with Gasteiger partial charge >= 0.3 is 5.97 Å². The predicted octanol–water partition coefficient (Wildman–Crippen LogP) is 1.26. The first kappa shape index (κ1) is 11.3. The number of rotatable bonds is 3. The van der Waals surface area contributed by atoms with Crippen molar-refractivity contribution in [1.82, 2.24) is 0 Å². The van der Waals surface area contributed by atoms with Crippen molar-refractivity contribution in [2.24, 2.45) is 0 Å². The van der Waals surface area contributed by atoms with Crippen LogP contribution >= 0.6 is 0 Å². The number of methoxy groups -OCH3 is 1. The number of benzene rings is 1. The Bertz CT molecular complexity index is 390. The summed E-state index contributed by atoms with van der Waals surface area (Å²) in [5, 5.41) is 9.74. The van der Waals surface area contributed by atoms with Crippen LogP contribution < -0.4 is 0 Å². The lowest BCUT2D eigenvalue weighted by molar-refractivity contribution is -0.142. The third-order valence-electron chi connectivity index (χ3n) is 2.06. The molecule has 0 spiro atoms. The topological polar surface area (TPSA) is 46.5 Å². The molecular formula is C12H12O3. The van der Waals surface area contributed by atoms with Gasteiger partial charge in [0.05, 0.1) is 19.6 Å². The van der Waals surface area contributed by atoms with Crippen LogP contribution in [0.2, 0.25) is 0 Å². The van der Waals surface area contributed by atoms with Crippen molar-refractivity contribution in [2.75, 3.05) is 7.11 Å². The second-order valence-corrected chi connectivity index (χ2v) is 3.03. The summed E-state index contributed by atoms with van der Waals surface area (Å²) in [6.45, 7) is 0. The number of esters is 1. The van der Waals surface area contributed by atoms with Crippen molar-refractivity contribution in [2.45, 2.75) is 12.5 Å². The first-order chi connectivity index (χ1) is 7.19. The molecule has 0 saturated carbocycles. The number of hydrogen-bond donors (Lipinski definition) is 1. The highest BCUT2D eigenvalue weighted by Gasteiger charge is 2.15. The van der Waals surface area contributed by atoms with E-state index in [0.717, 1.165) is 0 Å². The Morgan fingerprint density at radius 3 is 2.87 bits per heavy atom. The molecule has 1 N–H and O–H groups in total. The first-order valence-corrected chi connectivity index (χ1v) is 4.49. The normalized spacial score (nSPS) is 11.5. The van der Waals surface area contributed by atoms with Crippen molar-refractivity contribution < 1.29 is 14.6 Å². The summed E-state index contributed by atoms with van der Waals surface area (Å²) in [6.07, 6.45) is 4.27. The Morgan fingerprint density at radius 2 is 2.27 bits per heavy atom. The van der Waals surface area contributed by atoms with Gasteiger partial charge in [-0.25, -0.2) is 0 Å². The molecule has 1 atom stereocenters. The van der Waals surface area contributed by atoms with Gasteiger partial charge in [-0.1, -0.05) is 24.1 Å². The average Bonchev–Trinajstić information content (AvgIpc) is 2.28. The van der Waals surface area contributed by atoms with Crippen LogP contribution in [0.5, 0.6) is 0 Å². The highest BCUT2D eigenvalue weighted by molar-refractivity contribution is 5.70. The largest absolute Gasteiger partial charge is 0.469 e. The molecule has 0 aromatic heterocycles. The predicted molar refractivity (Wildman–Crippen MR) is 56.0 cm³/mol. The Labute approximate surface area is 88.7 Å². The molecule has 0 fully saturated rings. The maximum atomic E-state index is 11.0. The monoisotopic (exact) mass is 204 g/mol. The average molecular weight is 204 g/mol. The minimum absolute atomic E-state index is 0.0881. The van der Waals surface area contributed by atoms with Crippen LogP contribution in [0.1, 0.15) is 23.7 Å². The molecule has 0 saturated heterocycles. The first-order valence-electron chi connectivity index (χ1n) is 4.49. The summed E-state index contributed by atoms with van der Waals surface area (Å²) < 4.78 is 4.47. The second kappa shape index (κ2) is 5.18. The summed E-state index contributed by atoms with van der Waals surface area (Å²) in [5.41, 5.74) is 1.17. The van der Waals surface area contributed by atoms with E-state index in [-0.39, 0.29) is 6.42 Å². The van der Waals surface area contributed by atoms with Gasteiger partial charge in [-0.2, -0.15) is 0 Å². The fraction of sp³-hybridized carbons (Fsp3) is 0.250. The molecule has 1 rings (SSSR count). The summed E-state index contributed by atoms with van der Waals surface area (Å²) in [7, 11) is 1.28. The fourth-order valence-electron chi connectivity index (χ4n) is 1.27. The lowest BCUT2D eigenvalue weighted by Gasteiger charge is -2.11. The Hall–Kier alpha value is -1.79. The molecule has 3 heteroatoms. The van der Waals surface area contributed by atoms with E-state index in [2.05, 4.69) is 10.7 Å². The van der Waals surface area contributed by atoms with E-state index in [1.807, 2.05) is 0 Å². The molecule has 0 radical (unpaired) electrons. The molecule has 0 amide bonds. The van der Waals surface area contributed by atoms with Crippen LogP contribution in [0.3, 0.4) is 0 Å². The minimum atomic E-state index is -0.912. The highest BCUT2D eigenvalue weighted by Crippen LogP contribution is 2.20. The maximum Gasteiger partial charge on any atom is 0.308 e. The van der Waals surface area contributed by atoms with E-state index in [1.54, 1.807) is 24.3 Å². The molecule has 1 aromatic rings. The molecule has 0 aliphatic heterocycles. The Kier molecular flexibility index (Phi) is 3.90. The van der Waals surface area contributed by atoms with Gasteiger partial charge in [0.2, 0.25) is 0 Å². The van der Waals surface area contributed by atoms with E-state index in [1.165, 1.54) is 7.11 Å². The molecule has 78 valence electrons. The molecule has 0 bridgehead atoms. The molecule has 1 aromatic carbocycles.